The maximum Gasteiger partial charge on any atom is 0.303 e. The molecule has 1 amide bonds. The number of aliphatic carboxylic acids is 1. The maximum absolute atomic E-state index is 11.9. The van der Waals surface area contributed by atoms with E-state index in [-0.39, 0.29) is 12.3 Å². The van der Waals surface area contributed by atoms with E-state index in [1.807, 2.05) is 4.90 Å². The Hall–Kier alpha value is -1.10. The van der Waals surface area contributed by atoms with Crippen LogP contribution in [0.15, 0.2) is 0 Å². The first-order valence-electron chi connectivity index (χ1n) is 6.82. The predicted octanol–water partition coefficient (Wildman–Crippen LogP) is 1.18. The first kappa shape index (κ1) is 15.0. The molecule has 1 heterocycles. The lowest BCUT2D eigenvalue weighted by molar-refractivity contribution is -0.137. The summed E-state index contributed by atoms with van der Waals surface area (Å²) in [4.78, 5) is 26.5. The van der Waals surface area contributed by atoms with Crippen LogP contribution in [0.1, 0.15) is 39.5 Å². The first-order chi connectivity index (χ1) is 8.58. The lowest BCUT2D eigenvalue weighted by Gasteiger charge is -2.26. The van der Waals surface area contributed by atoms with Crippen LogP contribution < -0.4 is 0 Å². The molecule has 5 nitrogen and oxygen atoms in total. The maximum atomic E-state index is 11.9. The second-order valence-electron chi connectivity index (χ2n) is 4.75. The molecule has 1 aliphatic heterocycles. The molecule has 0 saturated carbocycles. The third-order valence-corrected chi connectivity index (χ3v) is 3.63. The third-order valence-electron chi connectivity index (χ3n) is 3.63. The molecule has 0 aromatic carbocycles. The molecule has 0 spiro atoms. The zero-order valence-electron chi connectivity index (χ0n) is 11.4. The summed E-state index contributed by atoms with van der Waals surface area (Å²) in [6.07, 6.45) is 1.92. The molecule has 1 saturated heterocycles. The normalized spacial score (nSPS) is 19.5. The molecular formula is C13H24N2O3. The number of hydrogen-bond acceptors (Lipinski definition) is 3. The summed E-state index contributed by atoms with van der Waals surface area (Å²) >= 11 is 0. The third kappa shape index (κ3) is 4.29. The van der Waals surface area contributed by atoms with E-state index in [1.54, 1.807) is 0 Å². The number of likely N-dealkylation sites (tertiary alicyclic amines) is 1. The van der Waals surface area contributed by atoms with Gasteiger partial charge in [0.25, 0.3) is 0 Å². The largest absolute Gasteiger partial charge is 0.481 e. The average molecular weight is 256 g/mol. The van der Waals surface area contributed by atoms with E-state index in [2.05, 4.69) is 18.7 Å². The molecule has 0 aromatic rings. The van der Waals surface area contributed by atoms with Gasteiger partial charge in [0.1, 0.15) is 0 Å². The molecule has 1 fully saturated rings. The van der Waals surface area contributed by atoms with Crippen molar-refractivity contribution in [3.63, 3.8) is 0 Å². The highest BCUT2D eigenvalue weighted by Crippen LogP contribution is 2.16. The van der Waals surface area contributed by atoms with Crippen LogP contribution in [0.5, 0.6) is 0 Å². The number of hydrogen-bond donors (Lipinski definition) is 1. The van der Waals surface area contributed by atoms with Crippen LogP contribution in [0.25, 0.3) is 0 Å². The van der Waals surface area contributed by atoms with Crippen molar-refractivity contribution in [1.29, 1.82) is 0 Å². The van der Waals surface area contributed by atoms with Crippen molar-refractivity contribution in [2.75, 3.05) is 26.2 Å². The van der Waals surface area contributed by atoms with E-state index in [0.717, 1.165) is 32.6 Å². The molecule has 1 unspecified atom stereocenters. The van der Waals surface area contributed by atoms with Crippen LogP contribution in [-0.4, -0.2) is 59.0 Å². The molecule has 1 N–H and O–H groups in total. The number of likely N-dealkylation sites (N-methyl/N-ethyl adjacent to an activating group) is 1. The van der Waals surface area contributed by atoms with Crippen molar-refractivity contribution in [3.05, 3.63) is 0 Å². The number of carboxylic acid groups (broad SMARTS) is 1. The minimum atomic E-state index is -0.828. The van der Waals surface area contributed by atoms with Gasteiger partial charge in [0, 0.05) is 32.0 Å². The van der Waals surface area contributed by atoms with Gasteiger partial charge in [-0.1, -0.05) is 13.8 Å². The summed E-state index contributed by atoms with van der Waals surface area (Å²) in [6, 6.07) is 0.475. The van der Waals surface area contributed by atoms with Crippen LogP contribution in [0.4, 0.5) is 0 Å². The van der Waals surface area contributed by atoms with Gasteiger partial charge in [-0.25, -0.2) is 0 Å². The highest BCUT2D eigenvalue weighted by atomic mass is 16.4. The van der Waals surface area contributed by atoms with Crippen LogP contribution in [0, 0.1) is 0 Å². The van der Waals surface area contributed by atoms with Crippen LogP contribution in [0.2, 0.25) is 0 Å². The van der Waals surface area contributed by atoms with Gasteiger partial charge in [0.05, 0.1) is 0 Å². The number of rotatable bonds is 7. The molecule has 5 heteroatoms. The van der Waals surface area contributed by atoms with Crippen molar-refractivity contribution < 1.29 is 14.7 Å². The number of carbonyl (C=O) groups excluding carboxylic acids is 1. The quantitative estimate of drug-likeness (QED) is 0.743. The molecule has 1 aliphatic rings. The molecule has 0 radical (unpaired) electrons. The number of amides is 1. The number of carbonyl (C=O) groups is 2. The SMILES string of the molecule is CCN(CC)C1CCN(C(=O)CCCC(=O)O)C1. The lowest BCUT2D eigenvalue weighted by Crippen LogP contribution is -2.38. The van der Waals surface area contributed by atoms with Crippen molar-refractivity contribution in [3.8, 4) is 0 Å². The van der Waals surface area contributed by atoms with Crippen LogP contribution >= 0.6 is 0 Å². The predicted molar refractivity (Wildman–Crippen MR) is 69.4 cm³/mol. The van der Waals surface area contributed by atoms with Crippen molar-refractivity contribution in [2.24, 2.45) is 0 Å². The Labute approximate surface area is 109 Å². The molecule has 18 heavy (non-hydrogen) atoms. The van der Waals surface area contributed by atoms with E-state index in [9.17, 15) is 9.59 Å². The fraction of sp³-hybridized carbons (Fsp3) is 0.846. The van der Waals surface area contributed by atoms with Gasteiger partial charge < -0.3 is 10.0 Å². The zero-order valence-corrected chi connectivity index (χ0v) is 11.4. The molecule has 1 rings (SSSR count). The molecule has 0 aliphatic carbocycles. The second kappa shape index (κ2) is 7.36. The Bertz CT molecular complexity index is 290. The fourth-order valence-electron chi connectivity index (χ4n) is 2.56. The van der Waals surface area contributed by atoms with Crippen molar-refractivity contribution >= 4 is 11.9 Å². The van der Waals surface area contributed by atoms with E-state index < -0.39 is 5.97 Å². The summed E-state index contributed by atoms with van der Waals surface area (Å²) in [6.45, 7) is 7.92. The minimum Gasteiger partial charge on any atom is -0.481 e. The van der Waals surface area contributed by atoms with E-state index >= 15 is 0 Å². The smallest absolute Gasteiger partial charge is 0.303 e. The molecule has 1 atom stereocenters. The average Bonchev–Trinajstić information content (AvgIpc) is 2.79. The topological polar surface area (TPSA) is 60.9 Å². The summed E-state index contributed by atoms with van der Waals surface area (Å²) in [5, 5.41) is 8.54. The minimum absolute atomic E-state index is 0.0824. The number of nitrogens with zero attached hydrogens (tertiary/aromatic N) is 2. The molecule has 104 valence electrons. The van der Waals surface area contributed by atoms with Gasteiger partial charge in [-0.2, -0.15) is 0 Å². The standard InChI is InChI=1S/C13H24N2O3/c1-3-14(4-2)11-8-9-15(10-11)12(16)6-5-7-13(17)18/h11H,3-10H2,1-2H3,(H,17,18). The summed E-state index contributed by atoms with van der Waals surface area (Å²) in [5.41, 5.74) is 0. The highest BCUT2D eigenvalue weighted by molar-refractivity contribution is 5.77. The van der Waals surface area contributed by atoms with Crippen molar-refractivity contribution in [2.45, 2.75) is 45.6 Å². The Balaban J connectivity index is 2.32. The number of carboxylic acids is 1. The molecule has 0 bridgehead atoms. The van der Waals surface area contributed by atoms with E-state index in [4.69, 9.17) is 5.11 Å². The van der Waals surface area contributed by atoms with Gasteiger partial charge in [-0.3, -0.25) is 14.5 Å². The van der Waals surface area contributed by atoms with Gasteiger partial charge in [-0.15, -0.1) is 0 Å². The lowest BCUT2D eigenvalue weighted by atomic mass is 10.2. The van der Waals surface area contributed by atoms with Gasteiger partial charge in [0.2, 0.25) is 5.91 Å². The Morgan fingerprint density at radius 2 is 1.94 bits per heavy atom. The zero-order chi connectivity index (χ0) is 13.5. The van der Waals surface area contributed by atoms with Crippen LogP contribution in [0.3, 0.4) is 0 Å². The second-order valence-corrected chi connectivity index (χ2v) is 4.75. The Kier molecular flexibility index (Phi) is 6.12. The first-order valence-corrected chi connectivity index (χ1v) is 6.82. The summed E-state index contributed by atoms with van der Waals surface area (Å²) in [7, 11) is 0. The van der Waals surface area contributed by atoms with E-state index in [0.29, 0.717) is 18.9 Å². The van der Waals surface area contributed by atoms with Gasteiger partial charge in [-0.05, 0) is 25.9 Å². The Morgan fingerprint density at radius 3 is 2.50 bits per heavy atom. The van der Waals surface area contributed by atoms with Crippen molar-refractivity contribution in [1.82, 2.24) is 9.80 Å². The summed E-state index contributed by atoms with van der Waals surface area (Å²) < 4.78 is 0. The molecular weight excluding hydrogens is 232 g/mol. The Morgan fingerprint density at radius 1 is 1.28 bits per heavy atom. The van der Waals surface area contributed by atoms with Gasteiger partial charge >= 0.3 is 5.97 Å². The molecule has 0 aromatic heterocycles. The van der Waals surface area contributed by atoms with Crippen LogP contribution in [-0.2, 0) is 9.59 Å². The van der Waals surface area contributed by atoms with Gasteiger partial charge in [0.15, 0.2) is 0 Å². The summed E-state index contributed by atoms with van der Waals surface area (Å²) in [5.74, 6) is -0.726. The van der Waals surface area contributed by atoms with E-state index in [1.165, 1.54) is 0 Å². The monoisotopic (exact) mass is 256 g/mol. The fourth-order valence-corrected chi connectivity index (χ4v) is 2.56. The highest BCUT2D eigenvalue weighted by Gasteiger charge is 2.28.